The monoisotopic (exact) mass is 329 g/mol. The molecule has 0 bridgehead atoms. The molecular weight excluding hydrogens is 319 g/mol. The zero-order chi connectivity index (χ0) is 15.2. The highest BCUT2D eigenvalue weighted by Crippen LogP contribution is 2.31. The number of hydrogen-bond donors (Lipinski definition) is 1. The summed E-state index contributed by atoms with van der Waals surface area (Å²) < 4.78 is 40.3. The SMILES string of the molecule is Cc1ncc(Cn2c(=S)[nH]c3cc(C(F)(F)F)ccc32)s1. The zero-order valence-electron chi connectivity index (χ0n) is 10.9. The summed E-state index contributed by atoms with van der Waals surface area (Å²) >= 11 is 6.74. The van der Waals surface area contributed by atoms with Crippen molar-refractivity contribution < 1.29 is 13.2 Å². The molecule has 8 heteroatoms. The number of benzene rings is 1. The summed E-state index contributed by atoms with van der Waals surface area (Å²) in [6.07, 6.45) is -2.61. The maximum absolute atomic E-state index is 12.7. The molecule has 3 aromatic rings. The van der Waals surface area contributed by atoms with E-state index >= 15 is 0 Å². The van der Waals surface area contributed by atoms with Gasteiger partial charge in [0, 0.05) is 11.1 Å². The number of rotatable bonds is 2. The van der Waals surface area contributed by atoms with Crippen LogP contribution in [0.1, 0.15) is 15.4 Å². The number of thiazole rings is 1. The maximum Gasteiger partial charge on any atom is 0.416 e. The van der Waals surface area contributed by atoms with Gasteiger partial charge >= 0.3 is 6.18 Å². The van der Waals surface area contributed by atoms with E-state index in [2.05, 4.69) is 9.97 Å². The quantitative estimate of drug-likeness (QED) is 0.701. The van der Waals surface area contributed by atoms with Crippen LogP contribution in [0.4, 0.5) is 13.2 Å². The molecule has 3 nitrogen and oxygen atoms in total. The average molecular weight is 329 g/mol. The summed E-state index contributed by atoms with van der Waals surface area (Å²) in [5.41, 5.74) is 0.349. The zero-order valence-corrected chi connectivity index (χ0v) is 12.5. The van der Waals surface area contributed by atoms with Crippen molar-refractivity contribution in [1.29, 1.82) is 0 Å². The number of H-pyrrole nitrogens is 1. The van der Waals surface area contributed by atoms with E-state index in [0.717, 1.165) is 22.0 Å². The lowest BCUT2D eigenvalue weighted by atomic mass is 10.2. The number of alkyl halides is 3. The van der Waals surface area contributed by atoms with Gasteiger partial charge in [0.05, 0.1) is 28.1 Å². The van der Waals surface area contributed by atoms with E-state index in [0.29, 0.717) is 22.3 Å². The predicted octanol–water partition coefficient (Wildman–Crippen LogP) is 4.53. The van der Waals surface area contributed by atoms with Gasteiger partial charge in [0.1, 0.15) is 0 Å². The van der Waals surface area contributed by atoms with Crippen LogP contribution in [0.25, 0.3) is 11.0 Å². The van der Waals surface area contributed by atoms with Gasteiger partial charge in [-0.15, -0.1) is 11.3 Å². The van der Waals surface area contributed by atoms with Crippen LogP contribution < -0.4 is 0 Å². The summed E-state index contributed by atoms with van der Waals surface area (Å²) in [6, 6.07) is 3.59. The first-order valence-corrected chi connectivity index (χ1v) is 7.28. The highest BCUT2D eigenvalue weighted by molar-refractivity contribution is 7.71. The van der Waals surface area contributed by atoms with Gasteiger partial charge in [0.15, 0.2) is 4.77 Å². The number of aromatic amines is 1. The molecule has 0 amide bonds. The van der Waals surface area contributed by atoms with Gasteiger partial charge in [-0.25, -0.2) is 4.98 Å². The van der Waals surface area contributed by atoms with Crippen LogP contribution in [0.5, 0.6) is 0 Å². The van der Waals surface area contributed by atoms with Crippen molar-refractivity contribution in [1.82, 2.24) is 14.5 Å². The molecule has 2 heterocycles. The first-order valence-electron chi connectivity index (χ1n) is 6.05. The predicted molar refractivity (Wildman–Crippen MR) is 78.1 cm³/mol. The third kappa shape index (κ3) is 2.73. The molecule has 0 saturated carbocycles. The number of nitrogens with one attached hydrogen (secondary N) is 1. The second kappa shape index (κ2) is 4.96. The third-order valence-corrected chi connectivity index (χ3v) is 4.30. The Labute approximate surface area is 127 Å². The van der Waals surface area contributed by atoms with Crippen LogP contribution >= 0.6 is 23.6 Å². The number of halogens is 3. The standard InChI is InChI=1S/C13H10F3N3S2/c1-7-17-5-9(21-7)6-19-11-3-2-8(13(14,15)16)4-10(11)18-12(19)20/h2-5H,6H2,1H3,(H,18,20). The fraction of sp³-hybridized carbons (Fsp3) is 0.231. The summed E-state index contributed by atoms with van der Waals surface area (Å²) in [6.45, 7) is 2.40. The average Bonchev–Trinajstić information content (AvgIpc) is 2.93. The maximum atomic E-state index is 12.7. The first-order chi connectivity index (χ1) is 9.84. The fourth-order valence-corrected chi connectivity index (χ4v) is 3.19. The Morgan fingerprint density at radius 1 is 1.38 bits per heavy atom. The van der Waals surface area contributed by atoms with Gasteiger partial charge in [-0.1, -0.05) is 0 Å². The molecule has 0 aliphatic rings. The van der Waals surface area contributed by atoms with E-state index in [1.807, 2.05) is 6.92 Å². The topological polar surface area (TPSA) is 33.6 Å². The molecule has 0 spiro atoms. The largest absolute Gasteiger partial charge is 0.416 e. The molecule has 0 aliphatic carbocycles. The lowest BCUT2D eigenvalue weighted by Gasteiger charge is -2.07. The van der Waals surface area contributed by atoms with E-state index in [1.54, 1.807) is 10.8 Å². The van der Waals surface area contributed by atoms with E-state index in [9.17, 15) is 13.2 Å². The molecule has 1 N–H and O–H groups in total. The number of hydrogen-bond acceptors (Lipinski definition) is 3. The fourth-order valence-electron chi connectivity index (χ4n) is 2.13. The van der Waals surface area contributed by atoms with Crippen LogP contribution in [-0.4, -0.2) is 14.5 Å². The van der Waals surface area contributed by atoms with Gasteiger partial charge in [-0.05, 0) is 37.3 Å². The Morgan fingerprint density at radius 2 is 2.14 bits per heavy atom. The minimum absolute atomic E-state index is 0.385. The molecule has 3 rings (SSSR count). The second-order valence-electron chi connectivity index (χ2n) is 4.59. The molecule has 110 valence electrons. The van der Waals surface area contributed by atoms with Crippen LogP contribution in [0.15, 0.2) is 24.4 Å². The molecule has 0 radical (unpaired) electrons. The number of imidazole rings is 1. The third-order valence-electron chi connectivity index (χ3n) is 3.08. The highest BCUT2D eigenvalue weighted by atomic mass is 32.1. The van der Waals surface area contributed by atoms with Crippen molar-refractivity contribution in [3.8, 4) is 0 Å². The van der Waals surface area contributed by atoms with Gasteiger partial charge < -0.3 is 9.55 Å². The van der Waals surface area contributed by atoms with Gasteiger partial charge in [0.2, 0.25) is 0 Å². The van der Waals surface area contributed by atoms with Crippen LogP contribution in [0.2, 0.25) is 0 Å². The van der Waals surface area contributed by atoms with Crippen molar-refractivity contribution >= 4 is 34.6 Å². The smallest absolute Gasteiger partial charge is 0.331 e. The van der Waals surface area contributed by atoms with Crippen LogP contribution in [0.3, 0.4) is 0 Å². The van der Waals surface area contributed by atoms with Gasteiger partial charge in [0.25, 0.3) is 0 Å². The van der Waals surface area contributed by atoms with Crippen molar-refractivity contribution in [2.24, 2.45) is 0 Å². The minimum atomic E-state index is -4.36. The second-order valence-corrected chi connectivity index (χ2v) is 6.30. The van der Waals surface area contributed by atoms with Gasteiger partial charge in [-0.2, -0.15) is 13.2 Å². The van der Waals surface area contributed by atoms with Crippen molar-refractivity contribution in [2.45, 2.75) is 19.6 Å². The summed E-state index contributed by atoms with van der Waals surface area (Å²) in [5.74, 6) is 0. The van der Waals surface area contributed by atoms with Crippen molar-refractivity contribution in [3.63, 3.8) is 0 Å². The Hall–Kier alpha value is -1.67. The molecule has 0 fully saturated rings. The van der Waals surface area contributed by atoms with Crippen molar-refractivity contribution in [2.75, 3.05) is 0 Å². The lowest BCUT2D eigenvalue weighted by molar-refractivity contribution is -0.137. The molecule has 1 aromatic carbocycles. The summed E-state index contributed by atoms with van der Waals surface area (Å²) in [5, 5.41) is 0.940. The summed E-state index contributed by atoms with van der Waals surface area (Å²) in [4.78, 5) is 8.00. The Morgan fingerprint density at radius 3 is 2.76 bits per heavy atom. The van der Waals surface area contributed by atoms with Gasteiger partial charge in [-0.3, -0.25) is 0 Å². The Balaban J connectivity index is 2.07. The number of aromatic nitrogens is 3. The first kappa shape index (κ1) is 14.3. The molecule has 0 atom stereocenters. The van der Waals surface area contributed by atoms with Crippen LogP contribution in [-0.2, 0) is 12.7 Å². The van der Waals surface area contributed by atoms with E-state index in [4.69, 9.17) is 12.2 Å². The highest BCUT2D eigenvalue weighted by Gasteiger charge is 2.30. The van der Waals surface area contributed by atoms with E-state index < -0.39 is 11.7 Å². The Kier molecular flexibility index (Phi) is 3.37. The lowest BCUT2D eigenvalue weighted by Crippen LogP contribution is -2.04. The Bertz CT molecular complexity index is 858. The molecule has 0 unspecified atom stereocenters. The normalized spacial score (nSPS) is 12.2. The van der Waals surface area contributed by atoms with E-state index in [-0.39, 0.29) is 0 Å². The molecule has 0 aliphatic heterocycles. The molecule has 2 aromatic heterocycles. The number of nitrogens with zero attached hydrogens (tertiary/aromatic N) is 2. The summed E-state index contributed by atoms with van der Waals surface area (Å²) in [7, 11) is 0. The van der Waals surface area contributed by atoms with E-state index in [1.165, 1.54) is 17.4 Å². The number of fused-ring (bicyclic) bond motifs is 1. The molecule has 0 saturated heterocycles. The molecule has 21 heavy (non-hydrogen) atoms. The minimum Gasteiger partial charge on any atom is -0.331 e. The molecular formula is C13H10F3N3S2. The van der Waals surface area contributed by atoms with Crippen LogP contribution in [0, 0.1) is 11.7 Å². The number of aryl methyl sites for hydroxylation is 1. The van der Waals surface area contributed by atoms with Crippen molar-refractivity contribution in [3.05, 3.63) is 44.6 Å².